The molecule has 0 saturated carbocycles. The Morgan fingerprint density at radius 3 is 2.52 bits per heavy atom. The van der Waals surface area contributed by atoms with Crippen molar-refractivity contribution in [2.45, 2.75) is 0 Å². The van der Waals surface area contributed by atoms with E-state index in [2.05, 4.69) is 20.1 Å². The number of hydrogen-bond donors (Lipinski definition) is 0. The van der Waals surface area contributed by atoms with Crippen molar-refractivity contribution in [1.82, 2.24) is 19.6 Å². The molecule has 0 aliphatic rings. The highest BCUT2D eigenvalue weighted by atomic mass is 15.4. The zero-order chi connectivity index (χ0) is 14.1. The molecule has 4 aromatic rings. The number of hydrogen-bond acceptors (Lipinski definition) is 4. The Kier molecular flexibility index (Phi) is 2.67. The van der Waals surface area contributed by atoms with Gasteiger partial charge in [-0.3, -0.25) is 4.98 Å². The second-order valence-electron chi connectivity index (χ2n) is 4.61. The van der Waals surface area contributed by atoms with Crippen LogP contribution in [-0.2, 0) is 0 Å². The Morgan fingerprint density at radius 1 is 0.857 bits per heavy atom. The zero-order valence-corrected chi connectivity index (χ0v) is 11.1. The van der Waals surface area contributed by atoms with E-state index >= 15 is 0 Å². The van der Waals surface area contributed by atoms with Gasteiger partial charge in [0, 0.05) is 0 Å². The van der Waals surface area contributed by atoms with Gasteiger partial charge in [-0.1, -0.05) is 24.3 Å². The minimum Gasteiger partial charge on any atom is -0.252 e. The minimum atomic E-state index is 0.714. The summed E-state index contributed by atoms with van der Waals surface area (Å²) in [4.78, 5) is 13.2. The highest BCUT2D eigenvalue weighted by Gasteiger charge is 2.00. The van der Waals surface area contributed by atoms with Crippen molar-refractivity contribution < 1.29 is 0 Å². The Balaban J connectivity index is 1.73. The molecule has 21 heavy (non-hydrogen) atoms. The van der Waals surface area contributed by atoms with Crippen LogP contribution in [0.15, 0.2) is 66.2 Å². The van der Waals surface area contributed by atoms with Crippen LogP contribution in [0.25, 0.3) is 22.1 Å². The molecule has 0 radical (unpaired) electrons. The number of aromatic nitrogens is 4. The number of fused-ring (bicyclic) bond motifs is 2. The number of para-hydroxylation sites is 4. The summed E-state index contributed by atoms with van der Waals surface area (Å²) >= 11 is 0. The second kappa shape index (κ2) is 4.79. The van der Waals surface area contributed by atoms with E-state index in [0.717, 1.165) is 22.1 Å². The van der Waals surface area contributed by atoms with Gasteiger partial charge in [0.15, 0.2) is 0 Å². The lowest BCUT2D eigenvalue weighted by molar-refractivity contribution is 0.913. The van der Waals surface area contributed by atoms with Gasteiger partial charge in [-0.2, -0.15) is 5.10 Å². The highest BCUT2D eigenvalue weighted by Crippen LogP contribution is 2.11. The predicted octanol–water partition coefficient (Wildman–Crippen LogP) is 2.86. The topological polar surface area (TPSA) is 56.0 Å². The van der Waals surface area contributed by atoms with Gasteiger partial charge in [-0.25, -0.2) is 14.6 Å². The van der Waals surface area contributed by atoms with Gasteiger partial charge in [0.25, 0.3) is 0 Å². The molecule has 0 N–H and O–H groups in total. The second-order valence-corrected chi connectivity index (χ2v) is 4.61. The summed E-state index contributed by atoms with van der Waals surface area (Å²) in [7, 11) is 0. The molecule has 5 nitrogen and oxygen atoms in total. The van der Waals surface area contributed by atoms with E-state index < -0.39 is 0 Å². The quantitative estimate of drug-likeness (QED) is 0.528. The zero-order valence-electron chi connectivity index (χ0n) is 11.1. The SMILES string of the molecule is C(=N/n1cnc2ccccc21)/c1cnc2ccccc2n1. The van der Waals surface area contributed by atoms with Crippen LogP contribution in [0.2, 0.25) is 0 Å². The van der Waals surface area contributed by atoms with Crippen molar-refractivity contribution in [3.63, 3.8) is 0 Å². The van der Waals surface area contributed by atoms with Crippen molar-refractivity contribution in [1.29, 1.82) is 0 Å². The van der Waals surface area contributed by atoms with Crippen molar-refractivity contribution in [3.05, 3.63) is 66.7 Å². The standard InChI is InChI=1S/C16H11N5/c1-2-6-14-13(5-1)17-9-12(20-14)10-19-21-11-18-15-7-3-4-8-16(15)21/h1-11H/b19-10-. The first-order valence-electron chi connectivity index (χ1n) is 6.58. The highest BCUT2D eigenvalue weighted by molar-refractivity contribution is 5.82. The monoisotopic (exact) mass is 273 g/mol. The molecule has 0 aliphatic carbocycles. The average molecular weight is 273 g/mol. The number of imidazole rings is 1. The Labute approximate surface area is 120 Å². The maximum atomic E-state index is 4.51. The molecule has 0 fully saturated rings. The minimum absolute atomic E-state index is 0.714. The first kappa shape index (κ1) is 11.7. The molecule has 0 aliphatic heterocycles. The molecule has 0 amide bonds. The molecule has 2 aromatic carbocycles. The summed E-state index contributed by atoms with van der Waals surface area (Å²) < 4.78 is 1.73. The lowest BCUT2D eigenvalue weighted by Crippen LogP contribution is -1.94. The van der Waals surface area contributed by atoms with E-state index in [9.17, 15) is 0 Å². The van der Waals surface area contributed by atoms with Gasteiger partial charge in [0.2, 0.25) is 0 Å². The third kappa shape index (κ3) is 2.14. The number of rotatable bonds is 2. The van der Waals surface area contributed by atoms with E-state index in [1.807, 2.05) is 48.5 Å². The fourth-order valence-electron chi connectivity index (χ4n) is 2.19. The van der Waals surface area contributed by atoms with Crippen LogP contribution >= 0.6 is 0 Å². The van der Waals surface area contributed by atoms with E-state index in [1.165, 1.54) is 0 Å². The first-order valence-corrected chi connectivity index (χ1v) is 6.58. The van der Waals surface area contributed by atoms with Crippen molar-refractivity contribution in [2.75, 3.05) is 0 Å². The summed E-state index contributed by atoms with van der Waals surface area (Å²) in [5, 5.41) is 4.40. The maximum Gasteiger partial charge on any atom is 0.118 e. The molecule has 0 atom stereocenters. The van der Waals surface area contributed by atoms with E-state index in [1.54, 1.807) is 23.4 Å². The molecule has 4 rings (SSSR count). The normalized spacial score (nSPS) is 11.6. The largest absolute Gasteiger partial charge is 0.252 e. The molecule has 100 valence electrons. The van der Waals surface area contributed by atoms with Gasteiger partial charge >= 0.3 is 0 Å². The molecule has 0 unspecified atom stereocenters. The molecule has 0 saturated heterocycles. The van der Waals surface area contributed by atoms with Crippen molar-refractivity contribution in [3.8, 4) is 0 Å². The average Bonchev–Trinajstić information content (AvgIpc) is 2.96. The molecular formula is C16H11N5. The third-order valence-electron chi connectivity index (χ3n) is 3.22. The summed E-state index contributed by atoms with van der Waals surface area (Å²) in [6.07, 6.45) is 5.09. The van der Waals surface area contributed by atoms with Gasteiger partial charge in [-0.05, 0) is 24.3 Å². The summed E-state index contributed by atoms with van der Waals surface area (Å²) in [5.41, 5.74) is 4.33. The number of nitrogens with zero attached hydrogens (tertiary/aromatic N) is 5. The summed E-state index contributed by atoms with van der Waals surface area (Å²) in [6, 6.07) is 15.6. The lowest BCUT2D eigenvalue weighted by atomic mass is 10.3. The molecule has 0 spiro atoms. The van der Waals surface area contributed by atoms with E-state index in [-0.39, 0.29) is 0 Å². The number of benzene rings is 2. The molecule has 5 heteroatoms. The van der Waals surface area contributed by atoms with Gasteiger partial charge < -0.3 is 0 Å². The van der Waals surface area contributed by atoms with Crippen LogP contribution in [0.4, 0.5) is 0 Å². The smallest absolute Gasteiger partial charge is 0.118 e. The van der Waals surface area contributed by atoms with Crippen LogP contribution in [0.1, 0.15) is 5.69 Å². The molecule has 2 heterocycles. The van der Waals surface area contributed by atoms with Crippen LogP contribution in [0.5, 0.6) is 0 Å². The van der Waals surface area contributed by atoms with E-state index in [4.69, 9.17) is 0 Å². The molecule has 0 bridgehead atoms. The maximum absolute atomic E-state index is 4.51. The van der Waals surface area contributed by atoms with Crippen LogP contribution in [-0.4, -0.2) is 25.8 Å². The fourth-order valence-corrected chi connectivity index (χ4v) is 2.19. The Hall–Kier alpha value is -3.08. The van der Waals surface area contributed by atoms with Crippen LogP contribution in [0, 0.1) is 0 Å². The molecule has 2 aromatic heterocycles. The Bertz CT molecular complexity index is 955. The third-order valence-corrected chi connectivity index (χ3v) is 3.22. The van der Waals surface area contributed by atoms with Gasteiger partial charge in [-0.15, -0.1) is 0 Å². The van der Waals surface area contributed by atoms with Crippen LogP contribution in [0.3, 0.4) is 0 Å². The van der Waals surface area contributed by atoms with Crippen molar-refractivity contribution >= 4 is 28.3 Å². The van der Waals surface area contributed by atoms with E-state index in [0.29, 0.717) is 5.69 Å². The first-order chi connectivity index (χ1) is 10.4. The Morgan fingerprint density at radius 2 is 1.62 bits per heavy atom. The molecular weight excluding hydrogens is 262 g/mol. The summed E-state index contributed by atoms with van der Waals surface area (Å²) in [6.45, 7) is 0. The lowest BCUT2D eigenvalue weighted by Gasteiger charge is -1.98. The van der Waals surface area contributed by atoms with Crippen LogP contribution < -0.4 is 0 Å². The fraction of sp³-hybridized carbons (Fsp3) is 0. The van der Waals surface area contributed by atoms with Crippen molar-refractivity contribution in [2.24, 2.45) is 5.10 Å². The van der Waals surface area contributed by atoms with Gasteiger partial charge in [0.05, 0.1) is 34.5 Å². The predicted molar refractivity (Wildman–Crippen MR) is 82.3 cm³/mol. The van der Waals surface area contributed by atoms with Gasteiger partial charge in [0.1, 0.15) is 12.0 Å². The summed E-state index contributed by atoms with van der Waals surface area (Å²) in [5.74, 6) is 0.